The molecular weight excluding hydrogens is 172 g/mol. The quantitative estimate of drug-likeness (QED) is 0.465. The molecule has 0 aliphatic carbocycles. The van der Waals surface area contributed by atoms with Crippen LogP contribution < -0.4 is 0 Å². The molecule has 0 aromatic carbocycles. The summed E-state index contributed by atoms with van der Waals surface area (Å²) in [4.78, 5) is 0. The fourth-order valence-corrected chi connectivity index (χ4v) is 1.49. The Morgan fingerprint density at radius 1 is 1.00 bits per heavy atom. The maximum absolute atomic E-state index is 9.47. The Morgan fingerprint density at radius 3 is 2.00 bits per heavy atom. The van der Waals surface area contributed by atoms with Gasteiger partial charge in [-0.2, -0.15) is 0 Å². The third kappa shape index (κ3) is 11.5. The van der Waals surface area contributed by atoms with Gasteiger partial charge in [-0.05, 0) is 26.7 Å². The van der Waals surface area contributed by atoms with E-state index in [-0.39, 0.29) is 0 Å². The Hall–Kier alpha value is -0.480. The van der Waals surface area contributed by atoms with E-state index < -0.39 is 5.60 Å². The van der Waals surface area contributed by atoms with Gasteiger partial charge in [-0.1, -0.05) is 32.1 Å². The molecule has 14 heavy (non-hydrogen) atoms. The zero-order chi connectivity index (χ0) is 10.9. The van der Waals surface area contributed by atoms with Gasteiger partial charge in [-0.15, -0.1) is 12.3 Å². The van der Waals surface area contributed by atoms with Crippen LogP contribution in [0.25, 0.3) is 0 Å². The van der Waals surface area contributed by atoms with Gasteiger partial charge < -0.3 is 5.11 Å². The lowest BCUT2D eigenvalue weighted by molar-refractivity contribution is 0.0680. The Labute approximate surface area is 88.9 Å². The minimum atomic E-state index is -0.483. The molecule has 0 spiro atoms. The molecule has 0 aromatic rings. The summed E-state index contributed by atoms with van der Waals surface area (Å²) in [6.07, 6.45) is 14.4. The van der Waals surface area contributed by atoms with Crippen LogP contribution in [-0.4, -0.2) is 10.7 Å². The van der Waals surface area contributed by atoms with Crippen molar-refractivity contribution >= 4 is 0 Å². The molecule has 0 heterocycles. The third-order valence-electron chi connectivity index (χ3n) is 2.36. The zero-order valence-corrected chi connectivity index (χ0v) is 9.68. The molecule has 1 heteroatoms. The van der Waals surface area contributed by atoms with Crippen molar-refractivity contribution in [1.29, 1.82) is 0 Å². The molecule has 0 saturated heterocycles. The van der Waals surface area contributed by atoms with Crippen LogP contribution in [0.2, 0.25) is 0 Å². The van der Waals surface area contributed by atoms with Gasteiger partial charge in [0.1, 0.15) is 0 Å². The van der Waals surface area contributed by atoms with Gasteiger partial charge in [0.25, 0.3) is 0 Å². The molecular formula is C13H24O. The van der Waals surface area contributed by atoms with Crippen molar-refractivity contribution in [2.75, 3.05) is 0 Å². The van der Waals surface area contributed by atoms with E-state index in [1.807, 2.05) is 13.8 Å². The summed E-state index contributed by atoms with van der Waals surface area (Å²) >= 11 is 0. The second kappa shape index (κ2) is 7.88. The van der Waals surface area contributed by atoms with Gasteiger partial charge in [0.15, 0.2) is 0 Å². The fourth-order valence-electron chi connectivity index (χ4n) is 1.49. The average Bonchev–Trinajstić information content (AvgIpc) is 2.08. The van der Waals surface area contributed by atoms with Gasteiger partial charge in [-0.25, -0.2) is 0 Å². The highest BCUT2D eigenvalue weighted by Gasteiger charge is 2.10. The first-order valence-corrected chi connectivity index (χ1v) is 5.72. The first-order chi connectivity index (χ1) is 6.56. The average molecular weight is 196 g/mol. The summed E-state index contributed by atoms with van der Waals surface area (Å²) in [7, 11) is 0. The number of terminal acetylenes is 1. The lowest BCUT2D eigenvalue weighted by Gasteiger charge is -2.16. The smallest absolute Gasteiger partial charge is 0.0591 e. The van der Waals surface area contributed by atoms with Crippen molar-refractivity contribution in [3.63, 3.8) is 0 Å². The zero-order valence-electron chi connectivity index (χ0n) is 9.68. The minimum absolute atomic E-state index is 0.483. The highest BCUT2D eigenvalue weighted by molar-refractivity contribution is 4.82. The molecule has 0 fully saturated rings. The van der Waals surface area contributed by atoms with Gasteiger partial charge in [-0.3, -0.25) is 0 Å². The normalized spacial score (nSPS) is 11.3. The molecule has 0 rings (SSSR count). The minimum Gasteiger partial charge on any atom is -0.390 e. The molecule has 1 nitrogen and oxygen atoms in total. The topological polar surface area (TPSA) is 20.2 Å². The van der Waals surface area contributed by atoms with Crippen LogP contribution in [0, 0.1) is 12.3 Å². The third-order valence-corrected chi connectivity index (χ3v) is 2.36. The second-order valence-electron chi connectivity index (χ2n) is 4.64. The van der Waals surface area contributed by atoms with Gasteiger partial charge in [0.2, 0.25) is 0 Å². The molecule has 0 unspecified atom stereocenters. The molecule has 0 saturated carbocycles. The van der Waals surface area contributed by atoms with E-state index in [1.165, 1.54) is 32.1 Å². The standard InChI is InChI=1S/C13H24O/c1-4-5-6-7-8-9-10-11-12-13(2,3)14/h1,14H,5-12H2,2-3H3. The van der Waals surface area contributed by atoms with Crippen LogP contribution in [0.1, 0.15) is 65.2 Å². The summed E-state index contributed by atoms with van der Waals surface area (Å²) in [6.45, 7) is 3.75. The Kier molecular flexibility index (Phi) is 7.61. The fraction of sp³-hybridized carbons (Fsp3) is 0.846. The molecule has 0 bridgehead atoms. The molecule has 1 N–H and O–H groups in total. The lowest BCUT2D eigenvalue weighted by atomic mass is 10.00. The first kappa shape index (κ1) is 13.5. The summed E-state index contributed by atoms with van der Waals surface area (Å²) < 4.78 is 0. The second-order valence-corrected chi connectivity index (χ2v) is 4.64. The van der Waals surface area contributed by atoms with Crippen molar-refractivity contribution in [2.45, 2.75) is 70.8 Å². The molecule has 0 aromatic heterocycles. The van der Waals surface area contributed by atoms with E-state index in [0.29, 0.717) is 0 Å². The van der Waals surface area contributed by atoms with Crippen LogP contribution in [0.4, 0.5) is 0 Å². The van der Waals surface area contributed by atoms with Crippen LogP contribution >= 0.6 is 0 Å². The van der Waals surface area contributed by atoms with E-state index in [0.717, 1.165) is 19.3 Å². The lowest BCUT2D eigenvalue weighted by Crippen LogP contribution is -2.17. The van der Waals surface area contributed by atoms with E-state index in [9.17, 15) is 5.11 Å². The number of aliphatic hydroxyl groups is 1. The monoisotopic (exact) mass is 196 g/mol. The highest BCUT2D eigenvalue weighted by atomic mass is 16.3. The molecule has 82 valence electrons. The summed E-state index contributed by atoms with van der Waals surface area (Å²) in [5.41, 5.74) is -0.483. The maximum atomic E-state index is 9.47. The predicted molar refractivity (Wildman–Crippen MR) is 62.1 cm³/mol. The molecule has 0 atom stereocenters. The van der Waals surface area contributed by atoms with Crippen molar-refractivity contribution in [2.24, 2.45) is 0 Å². The largest absolute Gasteiger partial charge is 0.390 e. The van der Waals surface area contributed by atoms with Crippen molar-refractivity contribution in [3.05, 3.63) is 0 Å². The number of unbranched alkanes of at least 4 members (excludes halogenated alkanes) is 6. The predicted octanol–water partition coefficient (Wildman–Crippen LogP) is 3.51. The Morgan fingerprint density at radius 2 is 1.50 bits per heavy atom. The maximum Gasteiger partial charge on any atom is 0.0591 e. The van der Waals surface area contributed by atoms with Crippen molar-refractivity contribution in [1.82, 2.24) is 0 Å². The molecule has 0 aliphatic rings. The number of hydrogen-bond acceptors (Lipinski definition) is 1. The van der Waals surface area contributed by atoms with Crippen LogP contribution in [0.15, 0.2) is 0 Å². The first-order valence-electron chi connectivity index (χ1n) is 5.72. The van der Waals surface area contributed by atoms with Crippen LogP contribution in [0.5, 0.6) is 0 Å². The van der Waals surface area contributed by atoms with E-state index in [2.05, 4.69) is 5.92 Å². The van der Waals surface area contributed by atoms with E-state index >= 15 is 0 Å². The summed E-state index contributed by atoms with van der Waals surface area (Å²) in [6, 6.07) is 0. The molecule has 0 aliphatic heterocycles. The van der Waals surface area contributed by atoms with Crippen LogP contribution in [0.3, 0.4) is 0 Å². The van der Waals surface area contributed by atoms with Crippen LogP contribution in [-0.2, 0) is 0 Å². The SMILES string of the molecule is C#CCCCCCCCCC(C)(C)O. The van der Waals surface area contributed by atoms with Crippen molar-refractivity contribution in [3.8, 4) is 12.3 Å². The van der Waals surface area contributed by atoms with Gasteiger partial charge in [0.05, 0.1) is 5.60 Å². The molecule has 0 radical (unpaired) electrons. The van der Waals surface area contributed by atoms with Gasteiger partial charge in [0, 0.05) is 6.42 Å². The highest BCUT2D eigenvalue weighted by Crippen LogP contribution is 2.14. The molecule has 0 amide bonds. The summed E-state index contributed by atoms with van der Waals surface area (Å²) in [5.74, 6) is 2.66. The Balaban J connectivity index is 3.04. The Bertz CT molecular complexity index is 159. The van der Waals surface area contributed by atoms with Gasteiger partial charge >= 0.3 is 0 Å². The van der Waals surface area contributed by atoms with E-state index in [4.69, 9.17) is 6.42 Å². The summed E-state index contributed by atoms with van der Waals surface area (Å²) in [5, 5.41) is 9.47. The number of rotatable bonds is 8. The van der Waals surface area contributed by atoms with Crippen molar-refractivity contribution < 1.29 is 5.11 Å². The van der Waals surface area contributed by atoms with E-state index in [1.54, 1.807) is 0 Å². The number of hydrogen-bond donors (Lipinski definition) is 1.